The first-order chi connectivity index (χ1) is 11.5. The second kappa shape index (κ2) is 8.73. The van der Waals surface area contributed by atoms with Crippen molar-refractivity contribution in [2.45, 2.75) is 38.9 Å². The number of carbonyl (C=O) groups excluding carboxylic acids is 2. The summed E-state index contributed by atoms with van der Waals surface area (Å²) in [6, 6.07) is 7.50. The lowest BCUT2D eigenvalue weighted by atomic mass is 10.1. The second-order valence-electron chi connectivity index (χ2n) is 5.91. The van der Waals surface area contributed by atoms with Crippen molar-refractivity contribution in [2.24, 2.45) is 5.92 Å². The van der Waals surface area contributed by atoms with E-state index in [1.807, 2.05) is 24.3 Å². The van der Waals surface area contributed by atoms with Crippen LogP contribution in [0, 0.1) is 5.92 Å². The Labute approximate surface area is 146 Å². The largest absolute Gasteiger partial charge is 0.338 e. The molecule has 0 saturated heterocycles. The van der Waals surface area contributed by atoms with E-state index in [1.54, 1.807) is 6.92 Å². The number of imide groups is 1. The number of urea groups is 1. The minimum absolute atomic E-state index is 0.155. The van der Waals surface area contributed by atoms with Crippen molar-refractivity contribution < 1.29 is 9.59 Å². The fourth-order valence-corrected chi connectivity index (χ4v) is 3.11. The van der Waals surface area contributed by atoms with Gasteiger partial charge in [0.25, 0.3) is 0 Å². The molecule has 0 aliphatic rings. The van der Waals surface area contributed by atoms with Crippen molar-refractivity contribution in [3.8, 4) is 0 Å². The molecule has 24 heavy (non-hydrogen) atoms. The van der Waals surface area contributed by atoms with Gasteiger partial charge in [-0.3, -0.25) is 10.1 Å². The highest BCUT2D eigenvalue weighted by atomic mass is 32.2. The number of rotatable bonds is 7. The average Bonchev–Trinajstić information content (AvgIpc) is 2.88. The zero-order valence-corrected chi connectivity index (χ0v) is 15.2. The molecule has 0 aliphatic heterocycles. The zero-order chi connectivity index (χ0) is 17.5. The number of carbonyl (C=O) groups is 2. The Morgan fingerprint density at radius 2 is 2.04 bits per heavy atom. The van der Waals surface area contributed by atoms with E-state index in [0.29, 0.717) is 12.5 Å². The van der Waals surface area contributed by atoms with Gasteiger partial charge in [0.2, 0.25) is 5.91 Å². The third-order valence-corrected chi connectivity index (χ3v) is 4.45. The highest BCUT2D eigenvalue weighted by molar-refractivity contribution is 7.99. The predicted octanol–water partition coefficient (Wildman–Crippen LogP) is 3.02. The van der Waals surface area contributed by atoms with E-state index in [0.717, 1.165) is 29.2 Å². The number of hydrogen-bond donors (Lipinski definition) is 2. The molecule has 2 N–H and O–H groups in total. The first kappa shape index (κ1) is 18.3. The summed E-state index contributed by atoms with van der Waals surface area (Å²) in [5, 5.41) is 5.66. The SMILES string of the molecule is CCNC(=O)NC(=O)CSc1nc2ccccc2n1CCC(C)C. The van der Waals surface area contributed by atoms with E-state index in [4.69, 9.17) is 0 Å². The van der Waals surface area contributed by atoms with Gasteiger partial charge in [0.15, 0.2) is 5.16 Å². The normalized spacial score (nSPS) is 11.0. The smallest absolute Gasteiger partial charge is 0.321 e. The highest BCUT2D eigenvalue weighted by Crippen LogP contribution is 2.25. The van der Waals surface area contributed by atoms with Crippen LogP contribution in [-0.2, 0) is 11.3 Å². The lowest BCUT2D eigenvalue weighted by Gasteiger charge is -2.10. The number of aromatic nitrogens is 2. The van der Waals surface area contributed by atoms with Crippen molar-refractivity contribution in [3.05, 3.63) is 24.3 Å². The first-order valence-corrected chi connectivity index (χ1v) is 9.15. The molecule has 2 aromatic rings. The summed E-state index contributed by atoms with van der Waals surface area (Å²) in [6.07, 6.45) is 1.04. The highest BCUT2D eigenvalue weighted by Gasteiger charge is 2.14. The first-order valence-electron chi connectivity index (χ1n) is 8.17. The molecule has 0 radical (unpaired) electrons. The quantitative estimate of drug-likeness (QED) is 0.754. The molecule has 1 aromatic heterocycles. The number of nitrogens with one attached hydrogen (secondary N) is 2. The monoisotopic (exact) mass is 348 g/mol. The predicted molar refractivity (Wildman–Crippen MR) is 97.1 cm³/mol. The lowest BCUT2D eigenvalue weighted by molar-refractivity contribution is -0.117. The van der Waals surface area contributed by atoms with Crippen LogP contribution in [0.4, 0.5) is 4.79 Å². The van der Waals surface area contributed by atoms with Crippen molar-refractivity contribution >= 4 is 34.7 Å². The van der Waals surface area contributed by atoms with Gasteiger partial charge in [-0.05, 0) is 31.4 Å². The standard InChI is InChI=1S/C17H24N4O2S/c1-4-18-16(23)20-15(22)11-24-17-19-13-7-5-6-8-14(13)21(17)10-9-12(2)3/h5-8,12H,4,9-11H2,1-3H3,(H2,18,20,22,23). The maximum Gasteiger partial charge on any atom is 0.321 e. The Kier molecular flexibility index (Phi) is 6.66. The minimum Gasteiger partial charge on any atom is -0.338 e. The number of benzene rings is 1. The molecule has 0 spiro atoms. The molecule has 0 bridgehead atoms. The fourth-order valence-electron chi connectivity index (χ4n) is 2.26. The summed E-state index contributed by atoms with van der Waals surface area (Å²) in [5.41, 5.74) is 2.00. The van der Waals surface area contributed by atoms with Crippen LogP contribution in [0.5, 0.6) is 0 Å². The number of para-hydroxylation sites is 2. The number of nitrogens with zero attached hydrogens (tertiary/aromatic N) is 2. The summed E-state index contributed by atoms with van der Waals surface area (Å²) < 4.78 is 2.15. The topological polar surface area (TPSA) is 76.0 Å². The number of thioether (sulfide) groups is 1. The van der Waals surface area contributed by atoms with Crippen molar-refractivity contribution in [1.29, 1.82) is 0 Å². The van der Waals surface area contributed by atoms with Crippen LogP contribution in [0.15, 0.2) is 29.4 Å². The summed E-state index contributed by atoms with van der Waals surface area (Å²) >= 11 is 1.35. The van der Waals surface area contributed by atoms with E-state index in [1.165, 1.54) is 11.8 Å². The van der Waals surface area contributed by atoms with Gasteiger partial charge in [0.1, 0.15) is 0 Å². The molecule has 2 rings (SSSR count). The molecule has 6 nitrogen and oxygen atoms in total. The van der Waals surface area contributed by atoms with Gasteiger partial charge in [-0.1, -0.05) is 37.7 Å². The van der Waals surface area contributed by atoms with Gasteiger partial charge < -0.3 is 9.88 Å². The van der Waals surface area contributed by atoms with Crippen LogP contribution in [0.1, 0.15) is 27.2 Å². The van der Waals surface area contributed by atoms with Crippen LogP contribution in [0.2, 0.25) is 0 Å². The summed E-state index contributed by atoms with van der Waals surface area (Å²) in [5.74, 6) is 0.417. The number of hydrogen-bond acceptors (Lipinski definition) is 4. The maximum atomic E-state index is 11.9. The molecule has 1 heterocycles. The molecule has 0 atom stereocenters. The molecule has 0 fully saturated rings. The van der Waals surface area contributed by atoms with E-state index < -0.39 is 6.03 Å². The van der Waals surface area contributed by atoms with E-state index >= 15 is 0 Å². The number of fused-ring (bicyclic) bond motifs is 1. The summed E-state index contributed by atoms with van der Waals surface area (Å²) in [7, 11) is 0. The fraction of sp³-hybridized carbons (Fsp3) is 0.471. The molecule has 0 aliphatic carbocycles. The van der Waals surface area contributed by atoms with Crippen molar-refractivity contribution in [3.63, 3.8) is 0 Å². The van der Waals surface area contributed by atoms with Crippen molar-refractivity contribution in [2.75, 3.05) is 12.3 Å². The molecule has 7 heteroatoms. The minimum atomic E-state index is -0.462. The number of aryl methyl sites for hydroxylation is 1. The Hall–Kier alpha value is -2.02. The van der Waals surface area contributed by atoms with Crippen LogP contribution < -0.4 is 10.6 Å². The third-order valence-electron chi connectivity index (χ3n) is 3.47. The molecule has 1 aromatic carbocycles. The number of amides is 3. The zero-order valence-electron chi connectivity index (χ0n) is 14.3. The van der Waals surface area contributed by atoms with Gasteiger partial charge in [-0.2, -0.15) is 0 Å². The Bertz CT molecular complexity index is 712. The van der Waals surface area contributed by atoms with Gasteiger partial charge >= 0.3 is 6.03 Å². The second-order valence-corrected chi connectivity index (χ2v) is 6.86. The Morgan fingerprint density at radius 1 is 1.29 bits per heavy atom. The van der Waals surface area contributed by atoms with Gasteiger partial charge in [-0.15, -0.1) is 0 Å². The van der Waals surface area contributed by atoms with Gasteiger partial charge in [0, 0.05) is 13.1 Å². The Morgan fingerprint density at radius 3 is 2.75 bits per heavy atom. The molecule has 3 amide bonds. The van der Waals surface area contributed by atoms with Gasteiger partial charge in [-0.25, -0.2) is 9.78 Å². The molecule has 0 unspecified atom stereocenters. The lowest BCUT2D eigenvalue weighted by Crippen LogP contribution is -2.40. The van der Waals surface area contributed by atoms with Gasteiger partial charge in [0.05, 0.1) is 16.8 Å². The van der Waals surface area contributed by atoms with Crippen LogP contribution >= 0.6 is 11.8 Å². The molecular formula is C17H24N4O2S. The Balaban J connectivity index is 2.08. The molecule has 0 saturated carbocycles. The maximum absolute atomic E-state index is 11.9. The number of imidazole rings is 1. The van der Waals surface area contributed by atoms with E-state index in [9.17, 15) is 9.59 Å². The van der Waals surface area contributed by atoms with Crippen LogP contribution in [0.25, 0.3) is 11.0 Å². The third kappa shape index (κ3) is 4.99. The average molecular weight is 348 g/mol. The van der Waals surface area contributed by atoms with Crippen molar-refractivity contribution in [1.82, 2.24) is 20.2 Å². The molecule has 130 valence electrons. The summed E-state index contributed by atoms with van der Waals surface area (Å²) in [4.78, 5) is 27.9. The van der Waals surface area contributed by atoms with Crippen LogP contribution in [0.3, 0.4) is 0 Å². The van der Waals surface area contributed by atoms with E-state index in [2.05, 4.69) is 34.0 Å². The van der Waals surface area contributed by atoms with E-state index in [-0.39, 0.29) is 11.7 Å². The van der Waals surface area contributed by atoms with Crippen LogP contribution in [-0.4, -0.2) is 33.8 Å². The summed E-state index contributed by atoms with van der Waals surface area (Å²) in [6.45, 7) is 7.52. The molecular weight excluding hydrogens is 324 g/mol.